The van der Waals surface area contributed by atoms with E-state index in [1.54, 1.807) is 0 Å². The average molecular weight is 343 g/mol. The van der Waals surface area contributed by atoms with Crippen molar-refractivity contribution in [2.24, 2.45) is 5.41 Å². The van der Waals surface area contributed by atoms with Gasteiger partial charge in [-0.15, -0.1) is 23.2 Å². The normalized spacial score (nSPS) is 22.6. The van der Waals surface area contributed by atoms with Crippen molar-refractivity contribution in [3.05, 3.63) is 35.4 Å². The monoisotopic (exact) mass is 342 g/mol. The second-order valence-electron chi connectivity index (χ2n) is 6.13. The Balaban J connectivity index is 2.00. The Morgan fingerprint density at radius 2 is 1.77 bits per heavy atom. The topological polar surface area (TPSA) is 32.3 Å². The molecule has 1 aliphatic carbocycles. The predicted octanol–water partition coefficient (Wildman–Crippen LogP) is 3.73. The van der Waals surface area contributed by atoms with Crippen LogP contribution in [0.3, 0.4) is 0 Å². The zero-order valence-electron chi connectivity index (χ0n) is 13.5. The van der Waals surface area contributed by atoms with Gasteiger partial charge < -0.3 is 5.32 Å². The molecule has 1 amide bonds. The van der Waals surface area contributed by atoms with Crippen LogP contribution in [-0.4, -0.2) is 28.2 Å². The highest BCUT2D eigenvalue weighted by Gasteiger charge is 2.67. The number of nitrogens with zero attached hydrogens (tertiary/aromatic N) is 1. The first-order chi connectivity index (χ1) is 10.3. The third-order valence-electron chi connectivity index (χ3n) is 4.61. The number of benzene rings is 1. The van der Waals surface area contributed by atoms with E-state index in [0.717, 1.165) is 25.2 Å². The molecule has 2 rings (SSSR count). The molecule has 22 heavy (non-hydrogen) atoms. The summed E-state index contributed by atoms with van der Waals surface area (Å²) in [7, 11) is 0. The standard InChI is InChI=1S/C17H24Cl2N2O/c1-4-21(5-2)11-14-9-7-6-8-13(14)10-20-15(22)16(3)12-17(16,18)19/h6-9H,4-5,10-12H2,1-3H3,(H,20,22)/t16-/m1/s1. The SMILES string of the molecule is CCN(CC)Cc1ccccc1CNC(=O)[C@@]1(C)CC1(Cl)Cl. The van der Waals surface area contributed by atoms with Crippen LogP contribution >= 0.6 is 23.2 Å². The quantitative estimate of drug-likeness (QED) is 0.765. The molecule has 0 aromatic heterocycles. The number of amides is 1. The molecule has 1 N–H and O–H groups in total. The maximum Gasteiger partial charge on any atom is 0.229 e. The molecular formula is C17H24Cl2N2O. The molecule has 0 heterocycles. The van der Waals surface area contributed by atoms with Gasteiger partial charge in [-0.25, -0.2) is 0 Å². The van der Waals surface area contributed by atoms with Crippen LogP contribution in [-0.2, 0) is 17.9 Å². The van der Waals surface area contributed by atoms with E-state index in [0.29, 0.717) is 13.0 Å². The molecule has 1 aliphatic rings. The van der Waals surface area contributed by atoms with E-state index in [1.165, 1.54) is 5.56 Å². The van der Waals surface area contributed by atoms with Gasteiger partial charge in [0.25, 0.3) is 0 Å². The van der Waals surface area contributed by atoms with Crippen molar-refractivity contribution in [3.63, 3.8) is 0 Å². The number of carbonyl (C=O) groups is 1. The second kappa shape index (κ2) is 6.77. The molecule has 1 fully saturated rings. The van der Waals surface area contributed by atoms with Crippen molar-refractivity contribution in [1.29, 1.82) is 0 Å². The molecule has 5 heteroatoms. The molecule has 1 saturated carbocycles. The summed E-state index contributed by atoms with van der Waals surface area (Å²) in [6.07, 6.45) is 0.510. The van der Waals surface area contributed by atoms with Gasteiger partial charge in [0.15, 0.2) is 0 Å². The van der Waals surface area contributed by atoms with E-state index >= 15 is 0 Å². The molecule has 0 radical (unpaired) electrons. The fourth-order valence-corrected chi connectivity index (χ4v) is 3.30. The fraction of sp³-hybridized carbons (Fsp3) is 0.588. The van der Waals surface area contributed by atoms with Gasteiger partial charge in [-0.2, -0.15) is 0 Å². The van der Waals surface area contributed by atoms with Crippen LogP contribution < -0.4 is 5.32 Å². The summed E-state index contributed by atoms with van der Waals surface area (Å²) < 4.78 is -0.919. The van der Waals surface area contributed by atoms with E-state index in [-0.39, 0.29) is 5.91 Å². The van der Waals surface area contributed by atoms with E-state index in [2.05, 4.69) is 36.2 Å². The number of nitrogens with one attached hydrogen (secondary N) is 1. The number of halogens is 2. The minimum absolute atomic E-state index is 0.0739. The first kappa shape index (κ1) is 17.6. The highest BCUT2D eigenvalue weighted by atomic mass is 35.5. The molecular weight excluding hydrogens is 319 g/mol. The van der Waals surface area contributed by atoms with Gasteiger partial charge in [0.05, 0.1) is 5.41 Å². The molecule has 0 unspecified atom stereocenters. The fourth-order valence-electron chi connectivity index (χ4n) is 2.59. The number of hydrogen-bond acceptors (Lipinski definition) is 2. The minimum Gasteiger partial charge on any atom is -0.351 e. The maximum absolute atomic E-state index is 12.3. The molecule has 0 aliphatic heterocycles. The third kappa shape index (κ3) is 3.58. The van der Waals surface area contributed by atoms with Crippen LogP contribution in [0.4, 0.5) is 0 Å². The predicted molar refractivity (Wildman–Crippen MR) is 92.1 cm³/mol. The molecule has 0 bridgehead atoms. The summed E-state index contributed by atoms with van der Waals surface area (Å²) in [5.74, 6) is -0.0739. The second-order valence-corrected chi connectivity index (χ2v) is 7.61. The van der Waals surface area contributed by atoms with Crippen molar-refractivity contribution >= 4 is 29.1 Å². The average Bonchev–Trinajstić information content (AvgIpc) is 3.03. The lowest BCUT2D eigenvalue weighted by atomic mass is 10.1. The highest BCUT2D eigenvalue weighted by Crippen LogP contribution is 2.63. The van der Waals surface area contributed by atoms with Crippen LogP contribution in [0.25, 0.3) is 0 Å². The number of alkyl halides is 2. The van der Waals surface area contributed by atoms with E-state index in [1.807, 2.05) is 19.1 Å². The number of rotatable bonds is 7. The Labute approximate surface area is 143 Å². The third-order valence-corrected chi connectivity index (χ3v) is 5.71. The summed E-state index contributed by atoms with van der Waals surface area (Å²) in [5, 5.41) is 2.98. The maximum atomic E-state index is 12.3. The van der Waals surface area contributed by atoms with Gasteiger partial charge in [0.1, 0.15) is 4.33 Å². The van der Waals surface area contributed by atoms with Crippen LogP contribution in [0.5, 0.6) is 0 Å². The lowest BCUT2D eigenvalue weighted by molar-refractivity contribution is -0.125. The Morgan fingerprint density at radius 1 is 1.23 bits per heavy atom. The summed E-state index contributed by atoms with van der Waals surface area (Å²) in [6.45, 7) is 9.54. The van der Waals surface area contributed by atoms with Gasteiger partial charge in [0.2, 0.25) is 5.91 Å². The summed E-state index contributed by atoms with van der Waals surface area (Å²) >= 11 is 12.1. The molecule has 0 spiro atoms. The van der Waals surface area contributed by atoms with Crippen LogP contribution in [0.1, 0.15) is 38.3 Å². The van der Waals surface area contributed by atoms with Gasteiger partial charge >= 0.3 is 0 Å². The lowest BCUT2D eigenvalue weighted by Crippen LogP contribution is -2.33. The van der Waals surface area contributed by atoms with Crippen molar-refractivity contribution in [1.82, 2.24) is 10.2 Å². The molecule has 1 aromatic carbocycles. The largest absolute Gasteiger partial charge is 0.351 e. The van der Waals surface area contributed by atoms with Crippen molar-refractivity contribution in [3.8, 4) is 0 Å². The van der Waals surface area contributed by atoms with Crippen LogP contribution in [0, 0.1) is 5.41 Å². The van der Waals surface area contributed by atoms with E-state index in [4.69, 9.17) is 23.2 Å². The van der Waals surface area contributed by atoms with E-state index < -0.39 is 9.75 Å². The Hall–Kier alpha value is -0.770. The lowest BCUT2D eigenvalue weighted by Gasteiger charge is -2.20. The first-order valence-corrected chi connectivity index (χ1v) is 8.55. The van der Waals surface area contributed by atoms with Crippen molar-refractivity contribution in [2.45, 2.75) is 44.6 Å². The van der Waals surface area contributed by atoms with Crippen molar-refractivity contribution in [2.75, 3.05) is 13.1 Å². The molecule has 1 aromatic rings. The minimum atomic E-state index is -0.919. The van der Waals surface area contributed by atoms with Gasteiger partial charge in [-0.3, -0.25) is 9.69 Å². The zero-order chi connectivity index (χ0) is 16.4. The number of hydrogen-bond donors (Lipinski definition) is 1. The molecule has 122 valence electrons. The highest BCUT2D eigenvalue weighted by molar-refractivity contribution is 6.53. The molecule has 0 saturated heterocycles. The smallest absolute Gasteiger partial charge is 0.229 e. The zero-order valence-corrected chi connectivity index (χ0v) is 15.0. The Bertz CT molecular complexity index is 543. The molecule has 3 nitrogen and oxygen atoms in total. The summed E-state index contributed by atoms with van der Waals surface area (Å²) in [4.78, 5) is 14.6. The number of carbonyl (C=O) groups excluding carboxylic acids is 1. The van der Waals surface area contributed by atoms with Crippen LogP contribution in [0.15, 0.2) is 24.3 Å². The summed E-state index contributed by atoms with van der Waals surface area (Å²) in [5.41, 5.74) is 1.72. The van der Waals surface area contributed by atoms with Crippen LogP contribution in [0.2, 0.25) is 0 Å². The Kier molecular flexibility index (Phi) is 5.41. The van der Waals surface area contributed by atoms with E-state index in [9.17, 15) is 4.79 Å². The first-order valence-electron chi connectivity index (χ1n) is 7.79. The van der Waals surface area contributed by atoms with Crippen molar-refractivity contribution < 1.29 is 4.79 Å². The Morgan fingerprint density at radius 3 is 2.27 bits per heavy atom. The summed E-state index contributed by atoms with van der Waals surface area (Å²) in [6, 6.07) is 8.21. The van der Waals surface area contributed by atoms with Gasteiger partial charge in [-0.1, -0.05) is 38.1 Å². The van der Waals surface area contributed by atoms with Gasteiger partial charge in [0, 0.05) is 13.1 Å². The molecule has 1 atom stereocenters. The van der Waals surface area contributed by atoms with Gasteiger partial charge in [-0.05, 0) is 37.6 Å².